The highest BCUT2D eigenvalue weighted by Crippen LogP contribution is 2.29. The fraction of sp³-hybridized carbons (Fsp3) is 0.133. The van der Waals surface area contributed by atoms with Crippen LogP contribution in [0.3, 0.4) is 0 Å². The van der Waals surface area contributed by atoms with Crippen LogP contribution in [0.1, 0.15) is 5.56 Å². The van der Waals surface area contributed by atoms with Crippen molar-refractivity contribution in [2.75, 3.05) is 0 Å². The molecule has 2 aromatic carbocycles. The van der Waals surface area contributed by atoms with Gasteiger partial charge in [0.05, 0.1) is 10.0 Å². The Hall–Kier alpha value is -1.75. The molecule has 0 spiro atoms. The predicted molar refractivity (Wildman–Crippen MR) is 82.3 cm³/mol. The molecule has 0 heterocycles. The van der Waals surface area contributed by atoms with Crippen LogP contribution < -0.4 is 10.5 Å². The molecule has 0 unspecified atom stereocenters. The SMILES string of the molecule is N[C@H](Cc1cccc(Oc2ccc(Cl)c(Cl)c2)c1)C(=O)O. The molecule has 6 heteroatoms. The van der Waals surface area contributed by atoms with Crippen LogP contribution in [0.4, 0.5) is 0 Å². The average molecular weight is 326 g/mol. The van der Waals surface area contributed by atoms with E-state index >= 15 is 0 Å². The molecule has 4 nitrogen and oxygen atoms in total. The molecule has 1 atom stereocenters. The maximum Gasteiger partial charge on any atom is 0.320 e. The van der Waals surface area contributed by atoms with Gasteiger partial charge < -0.3 is 15.6 Å². The van der Waals surface area contributed by atoms with E-state index in [1.807, 2.05) is 0 Å². The van der Waals surface area contributed by atoms with E-state index in [9.17, 15) is 4.79 Å². The van der Waals surface area contributed by atoms with E-state index in [0.717, 1.165) is 5.56 Å². The number of carboxylic acid groups (broad SMARTS) is 1. The maximum absolute atomic E-state index is 10.8. The summed E-state index contributed by atoms with van der Waals surface area (Å²) in [5.74, 6) is 0.0818. The Labute approximate surface area is 132 Å². The van der Waals surface area contributed by atoms with E-state index in [-0.39, 0.29) is 6.42 Å². The Morgan fingerprint density at radius 3 is 2.52 bits per heavy atom. The van der Waals surface area contributed by atoms with Crippen molar-refractivity contribution in [3.8, 4) is 11.5 Å². The minimum absolute atomic E-state index is 0.230. The van der Waals surface area contributed by atoms with E-state index in [1.165, 1.54) is 0 Å². The molecule has 0 radical (unpaired) electrons. The van der Waals surface area contributed by atoms with Gasteiger partial charge in [-0.05, 0) is 36.2 Å². The topological polar surface area (TPSA) is 72.5 Å². The van der Waals surface area contributed by atoms with Gasteiger partial charge in [0.1, 0.15) is 17.5 Å². The van der Waals surface area contributed by atoms with Crippen LogP contribution in [-0.2, 0) is 11.2 Å². The number of hydrogen-bond acceptors (Lipinski definition) is 3. The third-order valence-corrected chi connectivity index (χ3v) is 3.54. The molecule has 2 rings (SSSR count). The summed E-state index contributed by atoms with van der Waals surface area (Å²) < 4.78 is 5.67. The van der Waals surface area contributed by atoms with Gasteiger partial charge in [-0.3, -0.25) is 4.79 Å². The van der Waals surface area contributed by atoms with Crippen LogP contribution >= 0.6 is 23.2 Å². The normalized spacial score (nSPS) is 12.0. The van der Waals surface area contributed by atoms with Crippen molar-refractivity contribution in [3.63, 3.8) is 0 Å². The highest BCUT2D eigenvalue weighted by atomic mass is 35.5. The minimum atomic E-state index is -1.04. The Morgan fingerprint density at radius 1 is 1.14 bits per heavy atom. The van der Waals surface area contributed by atoms with Gasteiger partial charge in [-0.2, -0.15) is 0 Å². The zero-order valence-electron chi connectivity index (χ0n) is 10.9. The molecule has 0 saturated heterocycles. The summed E-state index contributed by atoms with van der Waals surface area (Å²) in [6, 6.07) is 11.1. The standard InChI is InChI=1S/C15H13Cl2NO3/c16-12-5-4-11(8-13(12)17)21-10-3-1-2-9(6-10)7-14(18)15(19)20/h1-6,8,14H,7,18H2,(H,19,20)/t14-/m1/s1. The first-order valence-electron chi connectivity index (χ1n) is 6.16. The van der Waals surface area contributed by atoms with Crippen LogP contribution in [0, 0.1) is 0 Å². The summed E-state index contributed by atoms with van der Waals surface area (Å²) >= 11 is 11.8. The second-order valence-electron chi connectivity index (χ2n) is 4.47. The lowest BCUT2D eigenvalue weighted by Gasteiger charge is -2.10. The van der Waals surface area contributed by atoms with Crippen molar-refractivity contribution in [2.24, 2.45) is 5.73 Å². The Kier molecular flexibility index (Phi) is 5.07. The molecular formula is C15H13Cl2NO3. The quantitative estimate of drug-likeness (QED) is 0.878. The van der Waals surface area contributed by atoms with Gasteiger partial charge in [-0.15, -0.1) is 0 Å². The molecule has 0 aliphatic rings. The lowest BCUT2D eigenvalue weighted by molar-refractivity contribution is -0.138. The van der Waals surface area contributed by atoms with Crippen LogP contribution in [0.2, 0.25) is 10.0 Å². The van der Waals surface area contributed by atoms with E-state index in [1.54, 1.807) is 42.5 Å². The van der Waals surface area contributed by atoms with Crippen LogP contribution in [-0.4, -0.2) is 17.1 Å². The molecule has 110 valence electrons. The van der Waals surface area contributed by atoms with Crippen molar-refractivity contribution < 1.29 is 14.6 Å². The van der Waals surface area contributed by atoms with Crippen molar-refractivity contribution in [2.45, 2.75) is 12.5 Å². The first-order valence-corrected chi connectivity index (χ1v) is 6.91. The molecule has 0 amide bonds. The molecule has 3 N–H and O–H groups in total. The van der Waals surface area contributed by atoms with Gasteiger partial charge in [-0.25, -0.2) is 0 Å². The molecule has 0 saturated carbocycles. The number of benzene rings is 2. The molecular weight excluding hydrogens is 313 g/mol. The number of carboxylic acids is 1. The monoisotopic (exact) mass is 325 g/mol. The molecule has 0 aliphatic carbocycles. The van der Waals surface area contributed by atoms with Gasteiger partial charge in [0.15, 0.2) is 0 Å². The van der Waals surface area contributed by atoms with Crippen LogP contribution in [0.15, 0.2) is 42.5 Å². The third kappa shape index (κ3) is 4.36. The minimum Gasteiger partial charge on any atom is -0.480 e. The zero-order valence-corrected chi connectivity index (χ0v) is 12.4. The van der Waals surface area contributed by atoms with Gasteiger partial charge in [0, 0.05) is 6.07 Å². The number of carbonyl (C=O) groups is 1. The summed E-state index contributed by atoms with van der Waals surface area (Å²) in [7, 11) is 0. The van der Waals surface area contributed by atoms with E-state index in [4.69, 9.17) is 38.8 Å². The molecule has 0 aromatic heterocycles. The van der Waals surface area contributed by atoms with Gasteiger partial charge >= 0.3 is 5.97 Å². The highest BCUT2D eigenvalue weighted by molar-refractivity contribution is 6.42. The summed E-state index contributed by atoms with van der Waals surface area (Å²) in [4.78, 5) is 10.8. The maximum atomic E-state index is 10.8. The Morgan fingerprint density at radius 2 is 1.86 bits per heavy atom. The van der Waals surface area contributed by atoms with E-state index < -0.39 is 12.0 Å². The van der Waals surface area contributed by atoms with Gasteiger partial charge in [0.2, 0.25) is 0 Å². The molecule has 2 aromatic rings. The fourth-order valence-electron chi connectivity index (χ4n) is 1.75. The van der Waals surface area contributed by atoms with Crippen LogP contribution in [0.25, 0.3) is 0 Å². The number of aliphatic carboxylic acids is 1. The van der Waals surface area contributed by atoms with Crippen molar-refractivity contribution in [1.82, 2.24) is 0 Å². The van der Waals surface area contributed by atoms with Gasteiger partial charge in [0.25, 0.3) is 0 Å². The third-order valence-electron chi connectivity index (χ3n) is 2.80. The molecule has 21 heavy (non-hydrogen) atoms. The summed E-state index contributed by atoms with van der Waals surface area (Å²) in [6.07, 6.45) is 0.230. The first kappa shape index (κ1) is 15.6. The molecule has 0 aliphatic heterocycles. The summed E-state index contributed by atoms with van der Waals surface area (Å²) in [5, 5.41) is 9.67. The highest BCUT2D eigenvalue weighted by Gasteiger charge is 2.12. The molecule has 0 bridgehead atoms. The van der Waals surface area contributed by atoms with Crippen LogP contribution in [0.5, 0.6) is 11.5 Å². The van der Waals surface area contributed by atoms with E-state index in [0.29, 0.717) is 21.5 Å². The lowest BCUT2D eigenvalue weighted by Crippen LogP contribution is -2.32. The second-order valence-corrected chi connectivity index (χ2v) is 5.29. The summed E-state index contributed by atoms with van der Waals surface area (Å²) in [5.41, 5.74) is 6.30. The Bertz CT molecular complexity index is 661. The Balaban J connectivity index is 2.13. The number of nitrogens with two attached hydrogens (primary N) is 1. The van der Waals surface area contributed by atoms with E-state index in [2.05, 4.69) is 0 Å². The predicted octanol–water partition coefficient (Wildman–Crippen LogP) is 3.74. The smallest absolute Gasteiger partial charge is 0.320 e. The van der Waals surface area contributed by atoms with Crippen molar-refractivity contribution >= 4 is 29.2 Å². The molecule has 0 fully saturated rings. The number of ether oxygens (including phenoxy) is 1. The first-order chi connectivity index (χ1) is 9.95. The second kappa shape index (κ2) is 6.80. The summed E-state index contributed by atoms with van der Waals surface area (Å²) in [6.45, 7) is 0. The number of hydrogen-bond donors (Lipinski definition) is 2. The van der Waals surface area contributed by atoms with Crippen molar-refractivity contribution in [3.05, 3.63) is 58.1 Å². The van der Waals surface area contributed by atoms with Gasteiger partial charge in [-0.1, -0.05) is 35.3 Å². The number of halogens is 2. The zero-order chi connectivity index (χ0) is 15.4. The average Bonchev–Trinajstić information content (AvgIpc) is 2.43. The van der Waals surface area contributed by atoms with Crippen molar-refractivity contribution in [1.29, 1.82) is 0 Å². The fourth-order valence-corrected chi connectivity index (χ4v) is 2.04. The lowest BCUT2D eigenvalue weighted by atomic mass is 10.1. The largest absolute Gasteiger partial charge is 0.480 e. The number of rotatable bonds is 5.